The number of likely N-dealkylation sites (tertiary alicyclic amines) is 1. The number of nitrogens with zero attached hydrogens (tertiary/aromatic N) is 3. The second-order valence-corrected chi connectivity index (χ2v) is 8.20. The number of hydrogen-bond donors (Lipinski definition) is 2. The minimum atomic E-state index is -0.576. The van der Waals surface area contributed by atoms with E-state index in [0.717, 1.165) is 32.4 Å². The highest BCUT2D eigenvalue weighted by Gasteiger charge is 2.33. The average Bonchev–Trinajstić information content (AvgIpc) is 2.74. The predicted molar refractivity (Wildman–Crippen MR) is 109 cm³/mol. The van der Waals surface area contributed by atoms with Gasteiger partial charge in [0, 0.05) is 26.2 Å². The second-order valence-electron chi connectivity index (χ2n) is 7.79. The maximum Gasteiger partial charge on any atom is 0.274 e. The molecule has 7 nitrogen and oxygen atoms in total. The Morgan fingerprint density at radius 3 is 2.40 bits per heavy atom. The van der Waals surface area contributed by atoms with E-state index in [1.54, 1.807) is 0 Å². The molecule has 160 valence electrons. The number of carbonyl (C=O) groups excluding carboxylic acids is 1. The summed E-state index contributed by atoms with van der Waals surface area (Å²) < 4.78 is 14.6. The molecule has 9 heteroatoms. The zero-order chi connectivity index (χ0) is 21.4. The van der Waals surface area contributed by atoms with Crippen LogP contribution >= 0.6 is 11.6 Å². The van der Waals surface area contributed by atoms with E-state index in [-0.39, 0.29) is 42.5 Å². The van der Waals surface area contributed by atoms with Crippen molar-refractivity contribution in [2.75, 3.05) is 19.6 Å². The summed E-state index contributed by atoms with van der Waals surface area (Å²) in [7, 11) is 0. The van der Waals surface area contributed by atoms with Gasteiger partial charge in [-0.05, 0) is 43.6 Å². The highest BCUT2D eigenvalue weighted by molar-refractivity contribution is 6.30. The van der Waals surface area contributed by atoms with Crippen molar-refractivity contribution < 1.29 is 19.4 Å². The second kappa shape index (κ2) is 8.28. The zero-order valence-corrected chi connectivity index (χ0v) is 17.2. The third-order valence-corrected chi connectivity index (χ3v) is 6.07. The van der Waals surface area contributed by atoms with E-state index in [4.69, 9.17) is 11.6 Å². The van der Waals surface area contributed by atoms with Gasteiger partial charge in [0.2, 0.25) is 0 Å². The van der Waals surface area contributed by atoms with E-state index in [9.17, 15) is 24.2 Å². The number of aromatic hydroxyl groups is 2. The van der Waals surface area contributed by atoms with Gasteiger partial charge in [0.1, 0.15) is 5.82 Å². The first-order valence-electron chi connectivity index (χ1n) is 10.00. The van der Waals surface area contributed by atoms with Gasteiger partial charge in [-0.3, -0.25) is 19.1 Å². The first-order valence-corrected chi connectivity index (χ1v) is 10.4. The Bertz CT molecular complexity index is 1050. The summed E-state index contributed by atoms with van der Waals surface area (Å²) in [6.07, 6.45) is 3.19. The largest absolute Gasteiger partial charge is 0.504 e. The van der Waals surface area contributed by atoms with Crippen LogP contribution in [-0.4, -0.2) is 50.1 Å². The monoisotopic (exact) mass is 435 g/mol. The Kier molecular flexibility index (Phi) is 5.71. The molecule has 2 aromatic rings. The molecule has 30 heavy (non-hydrogen) atoms. The molecule has 2 aliphatic heterocycles. The molecule has 0 saturated carbocycles. The number of rotatable bonds is 4. The van der Waals surface area contributed by atoms with Crippen LogP contribution in [0.1, 0.15) is 40.9 Å². The van der Waals surface area contributed by atoms with Crippen LogP contribution in [0.25, 0.3) is 0 Å². The number of hydrogen-bond acceptors (Lipinski definition) is 5. The molecule has 1 aromatic carbocycles. The van der Waals surface area contributed by atoms with Crippen molar-refractivity contribution in [2.24, 2.45) is 0 Å². The van der Waals surface area contributed by atoms with E-state index in [0.29, 0.717) is 5.56 Å². The third kappa shape index (κ3) is 3.77. The Morgan fingerprint density at radius 1 is 0.967 bits per heavy atom. The van der Waals surface area contributed by atoms with Crippen molar-refractivity contribution in [3.05, 3.63) is 56.2 Å². The third-order valence-electron chi connectivity index (χ3n) is 5.78. The van der Waals surface area contributed by atoms with Crippen LogP contribution in [0, 0.1) is 5.82 Å². The van der Waals surface area contributed by atoms with E-state index >= 15 is 0 Å². The molecule has 1 amide bonds. The number of halogens is 2. The summed E-state index contributed by atoms with van der Waals surface area (Å²) in [5.41, 5.74) is 0.0590. The van der Waals surface area contributed by atoms with Gasteiger partial charge in [-0.15, -0.1) is 0 Å². The number of pyridine rings is 1. The lowest BCUT2D eigenvalue weighted by atomic mass is 10.1. The highest BCUT2D eigenvalue weighted by atomic mass is 35.5. The van der Waals surface area contributed by atoms with Crippen LogP contribution in [0.4, 0.5) is 4.39 Å². The van der Waals surface area contributed by atoms with Crippen molar-refractivity contribution in [3.63, 3.8) is 0 Å². The van der Waals surface area contributed by atoms with Crippen molar-refractivity contribution in [1.82, 2.24) is 14.4 Å². The first-order chi connectivity index (χ1) is 14.4. The molecule has 2 N–H and O–H groups in total. The molecule has 0 spiro atoms. The summed E-state index contributed by atoms with van der Waals surface area (Å²) in [4.78, 5) is 29.5. The Morgan fingerprint density at radius 2 is 1.70 bits per heavy atom. The van der Waals surface area contributed by atoms with Gasteiger partial charge >= 0.3 is 0 Å². The van der Waals surface area contributed by atoms with E-state index < -0.39 is 28.8 Å². The first kappa shape index (κ1) is 20.7. The molecule has 1 aromatic heterocycles. The van der Waals surface area contributed by atoms with Gasteiger partial charge in [0.15, 0.2) is 17.2 Å². The molecular weight excluding hydrogens is 413 g/mol. The summed E-state index contributed by atoms with van der Waals surface area (Å²) in [6.45, 7) is 2.47. The van der Waals surface area contributed by atoms with E-state index in [1.807, 2.05) is 0 Å². The molecular formula is C21H23ClFN3O4. The molecule has 0 atom stereocenters. The lowest BCUT2D eigenvalue weighted by Crippen LogP contribution is -2.45. The molecule has 1 fully saturated rings. The lowest BCUT2D eigenvalue weighted by molar-refractivity contribution is 0.0679. The summed E-state index contributed by atoms with van der Waals surface area (Å²) in [6, 6.07) is 4.18. The Hall–Kier alpha value is -2.58. The number of fused-ring (bicyclic) bond motifs is 1. The number of piperidine rings is 1. The van der Waals surface area contributed by atoms with Crippen LogP contribution in [-0.2, 0) is 19.6 Å². The maximum absolute atomic E-state index is 13.4. The van der Waals surface area contributed by atoms with Crippen LogP contribution in [0.5, 0.6) is 11.5 Å². The van der Waals surface area contributed by atoms with Gasteiger partial charge < -0.3 is 15.1 Å². The molecule has 0 aliphatic carbocycles. The minimum Gasteiger partial charge on any atom is -0.504 e. The molecule has 4 rings (SSSR count). The smallest absolute Gasteiger partial charge is 0.274 e. The van der Waals surface area contributed by atoms with Crippen molar-refractivity contribution in [3.8, 4) is 11.5 Å². The normalized spacial score (nSPS) is 17.3. The van der Waals surface area contributed by atoms with Crippen LogP contribution in [0.2, 0.25) is 5.02 Å². The zero-order valence-electron chi connectivity index (χ0n) is 16.4. The van der Waals surface area contributed by atoms with Gasteiger partial charge in [0.25, 0.3) is 11.5 Å². The van der Waals surface area contributed by atoms with Gasteiger partial charge in [0.05, 0.1) is 10.6 Å². The van der Waals surface area contributed by atoms with Crippen LogP contribution in [0.15, 0.2) is 23.0 Å². The van der Waals surface area contributed by atoms with E-state index in [1.165, 1.54) is 27.7 Å². The Balaban J connectivity index is 1.63. The fourth-order valence-electron chi connectivity index (χ4n) is 4.14. The summed E-state index contributed by atoms with van der Waals surface area (Å²) >= 11 is 5.81. The SMILES string of the molecule is O=C1c2c(O)c(O)c(CN3CCCCC3)c(=O)n2CCN1Cc1ccc(F)c(Cl)c1. The standard InChI is InChI=1S/C21H23ClFN3O4/c22-15-10-13(4-5-16(15)23)11-25-8-9-26-17(21(25)30)19(28)18(27)14(20(26)29)12-24-6-2-1-3-7-24/h4-5,10,27-28H,1-3,6-9,11-12H2. The topological polar surface area (TPSA) is 86.0 Å². The summed E-state index contributed by atoms with van der Waals surface area (Å²) in [5.74, 6) is -2.23. The lowest BCUT2D eigenvalue weighted by Gasteiger charge is -2.31. The molecule has 0 bridgehead atoms. The molecule has 0 unspecified atom stereocenters. The minimum absolute atomic E-state index is 0.0450. The maximum atomic E-state index is 13.4. The van der Waals surface area contributed by atoms with Crippen molar-refractivity contribution in [2.45, 2.75) is 38.9 Å². The molecule has 1 saturated heterocycles. The number of benzene rings is 1. The number of amides is 1. The highest BCUT2D eigenvalue weighted by Crippen LogP contribution is 2.34. The fourth-order valence-corrected chi connectivity index (χ4v) is 4.35. The number of aromatic nitrogens is 1. The average molecular weight is 436 g/mol. The van der Waals surface area contributed by atoms with Crippen molar-refractivity contribution in [1.29, 1.82) is 0 Å². The van der Waals surface area contributed by atoms with Crippen LogP contribution in [0.3, 0.4) is 0 Å². The van der Waals surface area contributed by atoms with Gasteiger partial charge in [-0.2, -0.15) is 0 Å². The van der Waals surface area contributed by atoms with E-state index in [2.05, 4.69) is 4.90 Å². The van der Waals surface area contributed by atoms with Gasteiger partial charge in [-0.25, -0.2) is 4.39 Å². The Labute approximate surface area is 177 Å². The van der Waals surface area contributed by atoms with Crippen LogP contribution < -0.4 is 5.56 Å². The molecule has 2 aliphatic rings. The fraction of sp³-hybridized carbons (Fsp3) is 0.429. The number of carbonyl (C=O) groups is 1. The van der Waals surface area contributed by atoms with Gasteiger partial charge in [-0.1, -0.05) is 24.1 Å². The molecule has 3 heterocycles. The summed E-state index contributed by atoms with van der Waals surface area (Å²) in [5, 5.41) is 21.0. The quantitative estimate of drug-likeness (QED) is 0.771. The van der Waals surface area contributed by atoms with Crippen molar-refractivity contribution >= 4 is 17.5 Å². The molecule has 0 radical (unpaired) electrons. The predicted octanol–water partition coefficient (Wildman–Crippen LogP) is 2.69.